The molecule has 0 saturated heterocycles. The van der Waals surface area contributed by atoms with Gasteiger partial charge in [0.1, 0.15) is 5.60 Å². The van der Waals surface area contributed by atoms with Crippen molar-refractivity contribution in [2.45, 2.75) is 83.9 Å². The van der Waals surface area contributed by atoms with Crippen LogP contribution in [-0.2, 0) is 4.74 Å². The van der Waals surface area contributed by atoms with Gasteiger partial charge in [0, 0.05) is 12.1 Å². The van der Waals surface area contributed by atoms with Crippen LogP contribution in [0.25, 0.3) is 6.08 Å². The van der Waals surface area contributed by atoms with Crippen molar-refractivity contribution in [2.24, 2.45) is 11.8 Å². The maximum absolute atomic E-state index is 11.9. The molecule has 1 aromatic carbocycles. The molecule has 0 heterocycles. The van der Waals surface area contributed by atoms with Gasteiger partial charge >= 0.3 is 6.09 Å². The third kappa shape index (κ3) is 7.18. The van der Waals surface area contributed by atoms with Crippen LogP contribution in [0.5, 0.6) is 0 Å². The van der Waals surface area contributed by atoms with Crippen molar-refractivity contribution >= 4 is 12.2 Å². The van der Waals surface area contributed by atoms with Crippen LogP contribution < -0.4 is 10.6 Å². The molecule has 2 saturated carbocycles. The minimum Gasteiger partial charge on any atom is -0.444 e. The van der Waals surface area contributed by atoms with Gasteiger partial charge in [0.15, 0.2) is 0 Å². The van der Waals surface area contributed by atoms with E-state index in [2.05, 4.69) is 54.0 Å². The van der Waals surface area contributed by atoms with Crippen molar-refractivity contribution in [3.63, 3.8) is 0 Å². The van der Waals surface area contributed by atoms with Crippen molar-refractivity contribution in [2.75, 3.05) is 6.54 Å². The molecule has 2 fully saturated rings. The average Bonchev–Trinajstić information content (AvgIpc) is 3.44. The van der Waals surface area contributed by atoms with E-state index in [4.69, 9.17) is 4.74 Å². The number of hydrogen-bond acceptors (Lipinski definition) is 3. The highest BCUT2D eigenvalue weighted by Crippen LogP contribution is 2.40. The van der Waals surface area contributed by atoms with Crippen molar-refractivity contribution in [3.05, 3.63) is 41.5 Å². The van der Waals surface area contributed by atoms with Crippen LogP contribution in [0.1, 0.15) is 71.8 Å². The Morgan fingerprint density at radius 1 is 1.14 bits per heavy atom. The summed E-state index contributed by atoms with van der Waals surface area (Å²) in [5.74, 6) is 1.42. The average molecular weight is 399 g/mol. The van der Waals surface area contributed by atoms with Gasteiger partial charge in [-0.05, 0) is 83.2 Å². The maximum atomic E-state index is 11.9. The van der Waals surface area contributed by atoms with Crippen LogP contribution in [0.2, 0.25) is 0 Å². The topological polar surface area (TPSA) is 50.4 Å². The van der Waals surface area contributed by atoms with E-state index in [-0.39, 0.29) is 12.1 Å². The second-order valence-corrected chi connectivity index (χ2v) is 9.70. The first-order valence-electron chi connectivity index (χ1n) is 11.3. The Balaban J connectivity index is 1.36. The Hall–Kier alpha value is -1.81. The number of carbonyl (C=O) groups excluding carboxylic acids is 1. The molecule has 2 N–H and O–H groups in total. The summed E-state index contributed by atoms with van der Waals surface area (Å²) in [5, 5.41) is 6.85. The van der Waals surface area contributed by atoms with Gasteiger partial charge in [0.2, 0.25) is 0 Å². The van der Waals surface area contributed by atoms with Crippen molar-refractivity contribution in [1.82, 2.24) is 10.6 Å². The van der Waals surface area contributed by atoms with E-state index < -0.39 is 5.60 Å². The van der Waals surface area contributed by atoms with E-state index in [9.17, 15) is 4.79 Å². The van der Waals surface area contributed by atoms with Crippen LogP contribution in [0.3, 0.4) is 0 Å². The summed E-state index contributed by atoms with van der Waals surface area (Å²) in [6.45, 7) is 9.07. The van der Waals surface area contributed by atoms with Crippen LogP contribution in [0.4, 0.5) is 4.79 Å². The van der Waals surface area contributed by atoms with Crippen LogP contribution in [-0.4, -0.2) is 30.3 Å². The lowest BCUT2D eigenvalue weighted by molar-refractivity contribution is 0.0487. The molecule has 29 heavy (non-hydrogen) atoms. The summed E-state index contributed by atoms with van der Waals surface area (Å²) in [7, 11) is 0. The van der Waals surface area contributed by atoms with Crippen LogP contribution >= 0.6 is 0 Å². The van der Waals surface area contributed by atoms with Gasteiger partial charge < -0.3 is 15.4 Å². The summed E-state index contributed by atoms with van der Waals surface area (Å²) in [4.78, 5) is 11.9. The van der Waals surface area contributed by atoms with E-state index in [1.165, 1.54) is 24.8 Å². The molecule has 1 aromatic rings. The second kappa shape index (κ2) is 9.80. The molecular weight excluding hydrogens is 360 g/mol. The minimum atomic E-state index is -0.432. The predicted molar refractivity (Wildman–Crippen MR) is 120 cm³/mol. The van der Waals surface area contributed by atoms with Gasteiger partial charge in [-0.25, -0.2) is 4.79 Å². The lowest BCUT2D eigenvalue weighted by Gasteiger charge is -2.30. The molecule has 1 amide bonds. The van der Waals surface area contributed by atoms with E-state index in [0.717, 1.165) is 31.7 Å². The molecule has 0 bridgehead atoms. The van der Waals surface area contributed by atoms with Crippen molar-refractivity contribution in [1.29, 1.82) is 0 Å². The smallest absolute Gasteiger partial charge is 0.407 e. The van der Waals surface area contributed by atoms with Crippen molar-refractivity contribution in [3.8, 4) is 0 Å². The Kier molecular flexibility index (Phi) is 7.39. The number of alkyl carbamates (subject to hydrolysis) is 1. The van der Waals surface area contributed by atoms with E-state index in [0.29, 0.717) is 12.0 Å². The molecule has 4 heteroatoms. The van der Waals surface area contributed by atoms with Crippen LogP contribution in [0.15, 0.2) is 35.9 Å². The molecule has 3 rings (SSSR count). The highest BCUT2D eigenvalue weighted by Gasteiger charge is 2.39. The lowest BCUT2D eigenvalue weighted by Crippen LogP contribution is -2.41. The molecule has 2 aliphatic rings. The highest BCUT2D eigenvalue weighted by atomic mass is 16.6. The Morgan fingerprint density at radius 2 is 1.83 bits per heavy atom. The number of benzene rings is 1. The molecule has 0 unspecified atom stereocenters. The third-order valence-electron chi connectivity index (χ3n) is 6.06. The van der Waals surface area contributed by atoms with Gasteiger partial charge in [-0.3, -0.25) is 0 Å². The first-order chi connectivity index (χ1) is 13.8. The number of hydrogen-bond donors (Lipinski definition) is 2. The lowest BCUT2D eigenvalue weighted by atomic mass is 9.86. The number of nitrogens with one attached hydrogen (secondary N) is 2. The first-order valence-corrected chi connectivity index (χ1v) is 11.3. The summed E-state index contributed by atoms with van der Waals surface area (Å²) >= 11 is 0. The van der Waals surface area contributed by atoms with E-state index in [1.807, 2.05) is 20.8 Å². The maximum Gasteiger partial charge on any atom is 0.407 e. The predicted octanol–water partition coefficient (Wildman–Crippen LogP) is 5.54. The van der Waals surface area contributed by atoms with E-state index in [1.54, 1.807) is 5.57 Å². The summed E-state index contributed by atoms with van der Waals surface area (Å²) in [6, 6.07) is 11.6. The summed E-state index contributed by atoms with van der Waals surface area (Å²) in [5.41, 5.74) is 2.45. The molecule has 0 radical (unpaired) electrons. The Bertz CT molecular complexity index is 685. The fourth-order valence-electron chi connectivity index (χ4n) is 4.37. The molecule has 160 valence electrons. The second-order valence-electron chi connectivity index (χ2n) is 9.70. The number of rotatable bonds is 7. The minimum absolute atomic E-state index is 0.260. The normalized spacial score (nSPS) is 27.4. The summed E-state index contributed by atoms with van der Waals surface area (Å²) in [6.07, 6.45) is 8.93. The first kappa shape index (κ1) is 21.9. The quantitative estimate of drug-likeness (QED) is 0.634. The van der Waals surface area contributed by atoms with Gasteiger partial charge in [-0.15, -0.1) is 0 Å². The largest absolute Gasteiger partial charge is 0.444 e. The molecule has 0 aliphatic heterocycles. The standard InChI is InChI=1S/C25H38N2O2/c1-5-20(15-18-9-7-6-8-10-18)22-16-23(22)26-17-19-11-13-21(14-12-19)27-24(28)29-25(2,3)4/h6-10,15,19,21-23,26H,5,11-14,16-17H2,1-4H3,(H,27,28)/b20-15+/t19?,21?,22-,23+/m0/s1. The zero-order valence-corrected chi connectivity index (χ0v) is 18.5. The van der Waals surface area contributed by atoms with Crippen LogP contribution in [0, 0.1) is 11.8 Å². The molecule has 2 atom stereocenters. The number of carbonyl (C=O) groups is 1. The third-order valence-corrected chi connectivity index (χ3v) is 6.06. The molecular formula is C25H38N2O2. The van der Waals surface area contributed by atoms with E-state index >= 15 is 0 Å². The van der Waals surface area contributed by atoms with Gasteiger partial charge in [-0.2, -0.15) is 0 Å². The molecule has 2 aliphatic carbocycles. The summed E-state index contributed by atoms with van der Waals surface area (Å²) < 4.78 is 5.37. The zero-order valence-electron chi connectivity index (χ0n) is 18.5. The zero-order chi connectivity index (χ0) is 20.9. The van der Waals surface area contributed by atoms with Gasteiger partial charge in [0.25, 0.3) is 0 Å². The number of ether oxygens (including phenoxy) is 1. The SMILES string of the molecule is CC/C(=C\c1ccccc1)[C@@H]1C[C@H]1NCC1CCC(NC(=O)OC(C)(C)C)CC1. The Labute approximate surface area is 176 Å². The molecule has 0 aromatic heterocycles. The monoisotopic (exact) mass is 398 g/mol. The van der Waals surface area contributed by atoms with Gasteiger partial charge in [0.05, 0.1) is 0 Å². The highest BCUT2D eigenvalue weighted by molar-refractivity contribution is 5.68. The molecule has 0 spiro atoms. The number of amides is 1. The van der Waals surface area contributed by atoms with Gasteiger partial charge in [-0.1, -0.05) is 48.9 Å². The fourth-order valence-corrected chi connectivity index (χ4v) is 4.37. The molecule has 4 nitrogen and oxygen atoms in total. The fraction of sp³-hybridized carbons (Fsp3) is 0.640. The van der Waals surface area contributed by atoms with Crippen molar-refractivity contribution < 1.29 is 9.53 Å². The Morgan fingerprint density at radius 3 is 2.45 bits per heavy atom.